The van der Waals surface area contributed by atoms with E-state index in [0.29, 0.717) is 0 Å². The van der Waals surface area contributed by atoms with E-state index in [1.807, 2.05) is 41.9 Å². The van der Waals surface area contributed by atoms with Crippen LogP contribution in [0.3, 0.4) is 0 Å². The second-order valence-electron chi connectivity index (χ2n) is 8.01. The molecule has 1 aliphatic rings. The Bertz CT molecular complexity index is 1020. The molecule has 1 saturated heterocycles. The Morgan fingerprint density at radius 3 is 2.73 bits per heavy atom. The highest BCUT2D eigenvalue weighted by atomic mass is 16.2. The molecule has 1 amide bonds. The Balaban J connectivity index is 1.49. The van der Waals surface area contributed by atoms with Crippen molar-refractivity contribution in [2.24, 2.45) is 0 Å². The Hall–Kier alpha value is -3.00. The summed E-state index contributed by atoms with van der Waals surface area (Å²) in [6, 6.07) is 8.16. The van der Waals surface area contributed by atoms with E-state index < -0.39 is 0 Å². The van der Waals surface area contributed by atoms with Crippen molar-refractivity contribution in [1.82, 2.24) is 24.5 Å². The van der Waals surface area contributed by atoms with E-state index in [1.54, 1.807) is 17.4 Å². The van der Waals surface area contributed by atoms with Gasteiger partial charge in [-0.15, -0.1) is 10.2 Å². The van der Waals surface area contributed by atoms with Crippen LogP contribution in [-0.2, 0) is 4.79 Å². The molecule has 2 unspecified atom stereocenters. The zero-order valence-corrected chi connectivity index (χ0v) is 18.1. The summed E-state index contributed by atoms with van der Waals surface area (Å²) in [5, 5.41) is 8.22. The first-order valence-corrected chi connectivity index (χ1v) is 10.5. The quantitative estimate of drug-likeness (QED) is 0.647. The molecule has 0 radical (unpaired) electrons. The van der Waals surface area contributed by atoms with Gasteiger partial charge in [0.2, 0.25) is 11.6 Å². The number of benzene rings is 1. The molecule has 8 nitrogen and oxygen atoms in total. The molecule has 2 aromatic heterocycles. The molecular formula is C22H29N7O. The molecule has 3 aromatic rings. The second-order valence-corrected chi connectivity index (χ2v) is 8.01. The summed E-state index contributed by atoms with van der Waals surface area (Å²) in [6.07, 6.45) is 6.10. The third kappa shape index (κ3) is 3.75. The van der Waals surface area contributed by atoms with Gasteiger partial charge in [-0.3, -0.25) is 14.1 Å². The molecule has 0 saturated carbocycles. The first-order valence-electron chi connectivity index (χ1n) is 10.5. The lowest BCUT2D eigenvalue weighted by Crippen LogP contribution is -2.58. The summed E-state index contributed by atoms with van der Waals surface area (Å²) < 4.78 is 1.89. The van der Waals surface area contributed by atoms with Crippen molar-refractivity contribution in [3.63, 3.8) is 0 Å². The van der Waals surface area contributed by atoms with Crippen LogP contribution in [0.25, 0.3) is 5.65 Å². The number of nitrogens with zero attached hydrogens (tertiary/aromatic N) is 7. The number of fused-ring (bicyclic) bond motifs is 1. The van der Waals surface area contributed by atoms with E-state index in [0.717, 1.165) is 43.2 Å². The minimum atomic E-state index is -0.141. The maximum absolute atomic E-state index is 13.3. The predicted molar refractivity (Wildman–Crippen MR) is 118 cm³/mol. The maximum Gasteiger partial charge on any atom is 0.244 e. The zero-order valence-electron chi connectivity index (χ0n) is 18.1. The summed E-state index contributed by atoms with van der Waals surface area (Å²) in [7, 11) is 1.87. The van der Waals surface area contributed by atoms with Crippen LogP contribution >= 0.6 is 0 Å². The van der Waals surface area contributed by atoms with Crippen molar-refractivity contribution in [3.8, 4) is 0 Å². The van der Waals surface area contributed by atoms with E-state index in [1.165, 1.54) is 5.56 Å². The van der Waals surface area contributed by atoms with Crippen molar-refractivity contribution in [2.45, 2.75) is 39.3 Å². The van der Waals surface area contributed by atoms with Crippen LogP contribution in [0, 0.1) is 6.92 Å². The van der Waals surface area contributed by atoms with Gasteiger partial charge in [-0.25, -0.2) is 4.98 Å². The van der Waals surface area contributed by atoms with Gasteiger partial charge in [0, 0.05) is 50.8 Å². The average molecular weight is 408 g/mol. The number of piperazine rings is 1. The normalized spacial score (nSPS) is 18.5. The number of hydrogen-bond donors (Lipinski definition) is 0. The minimum Gasteiger partial charge on any atom is -0.348 e. The average Bonchev–Trinajstić information content (AvgIpc) is 3.23. The molecule has 158 valence electrons. The van der Waals surface area contributed by atoms with Gasteiger partial charge in [-0.2, -0.15) is 0 Å². The van der Waals surface area contributed by atoms with Crippen molar-refractivity contribution >= 4 is 23.1 Å². The summed E-state index contributed by atoms with van der Waals surface area (Å²) in [6.45, 7) is 8.70. The Morgan fingerprint density at radius 1 is 1.27 bits per heavy atom. The van der Waals surface area contributed by atoms with Crippen molar-refractivity contribution in [3.05, 3.63) is 48.5 Å². The largest absolute Gasteiger partial charge is 0.348 e. The molecule has 1 aliphatic heterocycles. The lowest BCUT2D eigenvalue weighted by Gasteiger charge is -2.43. The molecule has 0 spiro atoms. The van der Waals surface area contributed by atoms with Crippen molar-refractivity contribution in [1.29, 1.82) is 0 Å². The predicted octanol–water partition coefficient (Wildman–Crippen LogP) is 2.38. The van der Waals surface area contributed by atoms with E-state index in [2.05, 4.69) is 45.8 Å². The van der Waals surface area contributed by atoms with Crippen LogP contribution in [-0.4, -0.2) is 69.2 Å². The molecule has 8 heteroatoms. The Morgan fingerprint density at radius 2 is 2.03 bits per heavy atom. The van der Waals surface area contributed by atoms with Gasteiger partial charge in [0.15, 0.2) is 5.82 Å². The summed E-state index contributed by atoms with van der Waals surface area (Å²) in [4.78, 5) is 24.2. The summed E-state index contributed by atoms with van der Waals surface area (Å²) >= 11 is 0. The third-order valence-electron chi connectivity index (χ3n) is 5.99. The van der Waals surface area contributed by atoms with Crippen molar-refractivity contribution in [2.75, 3.05) is 36.5 Å². The Kier molecular flexibility index (Phi) is 5.67. The summed E-state index contributed by atoms with van der Waals surface area (Å²) in [5.74, 6) is 0.984. The smallest absolute Gasteiger partial charge is 0.244 e. The fourth-order valence-corrected chi connectivity index (χ4v) is 4.24. The van der Waals surface area contributed by atoms with Crippen molar-refractivity contribution < 1.29 is 4.79 Å². The van der Waals surface area contributed by atoms with Gasteiger partial charge >= 0.3 is 0 Å². The molecule has 1 aromatic carbocycles. The number of carbonyl (C=O) groups excluding carboxylic acids is 1. The van der Waals surface area contributed by atoms with Crippen LogP contribution in [0.5, 0.6) is 0 Å². The van der Waals surface area contributed by atoms with Gasteiger partial charge in [0.25, 0.3) is 0 Å². The lowest BCUT2D eigenvalue weighted by atomic mass is 10.1. The molecule has 3 heterocycles. The molecule has 1 fully saturated rings. The molecule has 30 heavy (non-hydrogen) atoms. The van der Waals surface area contributed by atoms with Gasteiger partial charge in [0.1, 0.15) is 6.33 Å². The first kappa shape index (κ1) is 20.3. The third-order valence-corrected chi connectivity index (χ3v) is 5.99. The molecule has 4 rings (SSSR count). The highest BCUT2D eigenvalue weighted by molar-refractivity contribution is 5.96. The number of likely N-dealkylation sites (N-methyl/N-ethyl adjacent to an activating group) is 1. The fourth-order valence-electron chi connectivity index (χ4n) is 4.24. The van der Waals surface area contributed by atoms with Gasteiger partial charge in [0.05, 0.1) is 6.04 Å². The van der Waals surface area contributed by atoms with Crippen LogP contribution in [0.4, 0.5) is 11.5 Å². The molecule has 0 aliphatic carbocycles. The number of carbonyl (C=O) groups is 1. The number of amides is 1. The topological polar surface area (TPSA) is 69.9 Å². The molecule has 2 atom stereocenters. The number of aryl methyl sites for hydroxylation is 1. The van der Waals surface area contributed by atoms with Gasteiger partial charge in [-0.05, 0) is 32.4 Å². The van der Waals surface area contributed by atoms with Gasteiger partial charge < -0.3 is 9.80 Å². The van der Waals surface area contributed by atoms with E-state index in [9.17, 15) is 4.79 Å². The van der Waals surface area contributed by atoms with Crippen LogP contribution in [0.15, 0.2) is 43.0 Å². The lowest BCUT2D eigenvalue weighted by molar-refractivity contribution is -0.124. The SMILES string of the molecule is CCC(C(=O)N(C)c1ccc(C)cc1)N1CCN(c2nccn3cnnc23)C(C)C1. The van der Waals surface area contributed by atoms with Crippen LogP contribution in [0.2, 0.25) is 0 Å². The second kappa shape index (κ2) is 8.39. The van der Waals surface area contributed by atoms with Crippen LogP contribution in [0.1, 0.15) is 25.8 Å². The zero-order chi connectivity index (χ0) is 21.3. The molecule has 0 N–H and O–H groups in total. The Labute approximate surface area is 177 Å². The minimum absolute atomic E-state index is 0.139. The first-order chi connectivity index (χ1) is 14.5. The number of rotatable bonds is 5. The number of aromatic nitrogens is 4. The van der Waals surface area contributed by atoms with E-state index >= 15 is 0 Å². The van der Waals surface area contributed by atoms with Gasteiger partial charge in [-0.1, -0.05) is 24.6 Å². The number of anilines is 2. The summed E-state index contributed by atoms with van der Waals surface area (Å²) in [5.41, 5.74) is 2.88. The number of hydrogen-bond acceptors (Lipinski definition) is 6. The maximum atomic E-state index is 13.3. The highest BCUT2D eigenvalue weighted by Gasteiger charge is 2.34. The standard InChI is InChI=1S/C22H29N7O/c1-5-19(22(30)26(4)18-8-6-16(2)7-9-18)27-12-13-29(17(3)14-27)20-21-25-24-15-28(21)11-10-23-20/h6-11,15,17,19H,5,12-14H2,1-4H3. The van der Waals surface area contributed by atoms with Crippen LogP contribution < -0.4 is 9.80 Å². The molecular weight excluding hydrogens is 378 g/mol. The molecule has 0 bridgehead atoms. The van der Waals surface area contributed by atoms with E-state index in [-0.39, 0.29) is 18.0 Å². The monoisotopic (exact) mass is 407 g/mol. The van der Waals surface area contributed by atoms with E-state index in [4.69, 9.17) is 0 Å². The fraction of sp³-hybridized carbons (Fsp3) is 0.455. The highest BCUT2D eigenvalue weighted by Crippen LogP contribution is 2.24.